The van der Waals surface area contributed by atoms with Crippen LogP contribution >= 0.6 is 0 Å². The van der Waals surface area contributed by atoms with Crippen molar-refractivity contribution in [1.82, 2.24) is 9.97 Å². The average Bonchev–Trinajstić information content (AvgIpc) is 3.07. The Kier molecular flexibility index (Phi) is 4.19. The van der Waals surface area contributed by atoms with E-state index < -0.39 is 5.97 Å². The molecular formula is C21H16N2O3. The van der Waals surface area contributed by atoms with Crippen LogP contribution in [0.15, 0.2) is 71.1 Å². The van der Waals surface area contributed by atoms with Crippen molar-refractivity contribution in [2.45, 2.75) is 13.5 Å². The normalized spacial score (nSPS) is 10.8. The summed E-state index contributed by atoms with van der Waals surface area (Å²) >= 11 is 0. The molecule has 0 aliphatic carbocycles. The summed E-state index contributed by atoms with van der Waals surface area (Å²) in [5.41, 5.74) is 2.50. The predicted octanol–water partition coefficient (Wildman–Crippen LogP) is 4.56. The maximum absolute atomic E-state index is 12.3. The Labute approximate surface area is 150 Å². The van der Waals surface area contributed by atoms with Gasteiger partial charge in [-0.15, -0.1) is 0 Å². The van der Waals surface area contributed by atoms with Gasteiger partial charge in [0, 0.05) is 10.9 Å². The van der Waals surface area contributed by atoms with Crippen LogP contribution in [0.5, 0.6) is 0 Å². The molecule has 0 bridgehead atoms. The lowest BCUT2D eigenvalue weighted by Gasteiger charge is -2.04. The molecule has 0 atom stereocenters. The number of ether oxygens (including phenoxy) is 1. The van der Waals surface area contributed by atoms with Crippen LogP contribution in [0.3, 0.4) is 0 Å². The SMILES string of the molecule is Cc1oc(-c2ccccc2)nc1COC(=O)c1ccc2ccccc2n1. The Balaban J connectivity index is 1.49. The highest BCUT2D eigenvalue weighted by Crippen LogP contribution is 2.22. The van der Waals surface area contributed by atoms with Gasteiger partial charge in [0.2, 0.25) is 5.89 Å². The molecule has 5 heteroatoms. The summed E-state index contributed by atoms with van der Waals surface area (Å²) in [7, 11) is 0. The summed E-state index contributed by atoms with van der Waals surface area (Å²) in [6.07, 6.45) is 0. The Bertz CT molecular complexity index is 1070. The number of carbonyl (C=O) groups is 1. The number of para-hydroxylation sites is 1. The fraction of sp³-hybridized carbons (Fsp3) is 0.0952. The minimum absolute atomic E-state index is 0.0372. The highest BCUT2D eigenvalue weighted by Gasteiger charge is 2.15. The minimum atomic E-state index is -0.487. The molecule has 0 fully saturated rings. The van der Waals surface area contributed by atoms with Crippen molar-refractivity contribution in [2.75, 3.05) is 0 Å². The van der Waals surface area contributed by atoms with E-state index in [-0.39, 0.29) is 12.3 Å². The Hall–Kier alpha value is -3.47. The van der Waals surface area contributed by atoms with Crippen LogP contribution in [0, 0.1) is 6.92 Å². The third kappa shape index (κ3) is 3.19. The van der Waals surface area contributed by atoms with E-state index in [1.165, 1.54) is 0 Å². The summed E-state index contributed by atoms with van der Waals surface area (Å²) < 4.78 is 11.0. The molecule has 128 valence electrons. The smallest absolute Gasteiger partial charge is 0.357 e. The van der Waals surface area contributed by atoms with Crippen molar-refractivity contribution in [2.24, 2.45) is 0 Å². The second-order valence-corrected chi connectivity index (χ2v) is 5.85. The molecule has 5 nitrogen and oxygen atoms in total. The number of carbonyl (C=O) groups excluding carboxylic acids is 1. The molecule has 2 aromatic heterocycles. The van der Waals surface area contributed by atoms with Crippen molar-refractivity contribution in [3.8, 4) is 11.5 Å². The second kappa shape index (κ2) is 6.80. The number of hydrogen-bond donors (Lipinski definition) is 0. The molecule has 0 spiro atoms. The lowest BCUT2D eigenvalue weighted by molar-refractivity contribution is 0.0460. The van der Waals surface area contributed by atoms with Crippen LogP contribution in [0.4, 0.5) is 0 Å². The van der Waals surface area contributed by atoms with Gasteiger partial charge in [-0.25, -0.2) is 14.8 Å². The first-order valence-corrected chi connectivity index (χ1v) is 8.25. The van der Waals surface area contributed by atoms with Crippen molar-refractivity contribution in [3.05, 3.63) is 83.9 Å². The van der Waals surface area contributed by atoms with Gasteiger partial charge in [-0.1, -0.05) is 42.5 Å². The summed E-state index contributed by atoms with van der Waals surface area (Å²) in [5.74, 6) is 0.653. The highest BCUT2D eigenvalue weighted by molar-refractivity contribution is 5.91. The van der Waals surface area contributed by atoms with E-state index in [9.17, 15) is 4.79 Å². The van der Waals surface area contributed by atoms with E-state index >= 15 is 0 Å². The molecule has 2 aromatic carbocycles. The zero-order valence-corrected chi connectivity index (χ0v) is 14.2. The van der Waals surface area contributed by atoms with E-state index in [0.29, 0.717) is 17.3 Å². The predicted molar refractivity (Wildman–Crippen MR) is 97.5 cm³/mol. The van der Waals surface area contributed by atoms with Gasteiger partial charge < -0.3 is 9.15 Å². The van der Waals surface area contributed by atoms with Gasteiger partial charge in [-0.3, -0.25) is 0 Å². The lowest BCUT2D eigenvalue weighted by Crippen LogP contribution is -2.08. The Morgan fingerprint density at radius 3 is 2.58 bits per heavy atom. The third-order valence-corrected chi connectivity index (χ3v) is 4.06. The lowest BCUT2D eigenvalue weighted by atomic mass is 10.2. The summed E-state index contributed by atoms with van der Waals surface area (Å²) in [5, 5.41) is 0.976. The van der Waals surface area contributed by atoms with Gasteiger partial charge in [-0.05, 0) is 31.2 Å². The molecule has 0 saturated heterocycles. The van der Waals surface area contributed by atoms with Crippen molar-refractivity contribution in [1.29, 1.82) is 0 Å². The maximum atomic E-state index is 12.3. The number of benzene rings is 2. The first kappa shape index (κ1) is 16.0. The first-order valence-electron chi connectivity index (χ1n) is 8.25. The summed E-state index contributed by atoms with van der Waals surface area (Å²) in [6.45, 7) is 1.84. The molecular weight excluding hydrogens is 328 g/mol. The summed E-state index contributed by atoms with van der Waals surface area (Å²) in [4.78, 5) is 21.1. The van der Waals surface area contributed by atoms with E-state index in [1.54, 1.807) is 13.0 Å². The Morgan fingerprint density at radius 1 is 0.962 bits per heavy atom. The molecule has 0 aliphatic heterocycles. The van der Waals surface area contributed by atoms with Gasteiger partial charge in [0.05, 0.1) is 5.52 Å². The zero-order chi connectivity index (χ0) is 17.9. The number of oxazole rings is 1. The number of hydrogen-bond acceptors (Lipinski definition) is 5. The quantitative estimate of drug-likeness (QED) is 0.508. The number of rotatable bonds is 4. The van der Waals surface area contributed by atoms with E-state index in [2.05, 4.69) is 9.97 Å². The van der Waals surface area contributed by atoms with Crippen LogP contribution in [-0.2, 0) is 11.3 Å². The molecule has 0 aliphatic rings. The number of aryl methyl sites for hydroxylation is 1. The minimum Gasteiger partial charge on any atom is -0.454 e. The number of aromatic nitrogens is 2. The van der Waals surface area contributed by atoms with Gasteiger partial charge in [-0.2, -0.15) is 0 Å². The fourth-order valence-electron chi connectivity index (χ4n) is 2.65. The average molecular weight is 344 g/mol. The van der Waals surface area contributed by atoms with Crippen molar-refractivity contribution < 1.29 is 13.9 Å². The van der Waals surface area contributed by atoms with Crippen LogP contribution in [0.25, 0.3) is 22.4 Å². The maximum Gasteiger partial charge on any atom is 0.357 e. The molecule has 0 saturated carbocycles. The monoisotopic (exact) mass is 344 g/mol. The van der Waals surface area contributed by atoms with Crippen LogP contribution in [0.1, 0.15) is 21.9 Å². The number of fused-ring (bicyclic) bond motifs is 1. The molecule has 0 amide bonds. The number of nitrogens with zero attached hydrogens (tertiary/aromatic N) is 2. The van der Waals surface area contributed by atoms with Crippen molar-refractivity contribution in [3.63, 3.8) is 0 Å². The van der Waals surface area contributed by atoms with Crippen LogP contribution in [-0.4, -0.2) is 15.9 Å². The highest BCUT2D eigenvalue weighted by atomic mass is 16.5. The molecule has 4 rings (SSSR count). The fourth-order valence-corrected chi connectivity index (χ4v) is 2.65. The molecule has 0 unspecified atom stereocenters. The van der Waals surface area contributed by atoms with Crippen molar-refractivity contribution >= 4 is 16.9 Å². The van der Waals surface area contributed by atoms with E-state index in [4.69, 9.17) is 9.15 Å². The van der Waals surface area contributed by atoms with Gasteiger partial charge >= 0.3 is 5.97 Å². The number of esters is 1. The zero-order valence-electron chi connectivity index (χ0n) is 14.2. The number of pyridine rings is 1. The Morgan fingerprint density at radius 2 is 1.73 bits per heavy atom. The van der Waals surface area contributed by atoms with Crippen LogP contribution in [0.2, 0.25) is 0 Å². The van der Waals surface area contributed by atoms with Gasteiger partial charge in [0.15, 0.2) is 0 Å². The van der Waals surface area contributed by atoms with Crippen LogP contribution < -0.4 is 0 Å². The largest absolute Gasteiger partial charge is 0.454 e. The standard InChI is InChI=1S/C21H16N2O3/c1-14-19(23-20(26-14)16-8-3-2-4-9-16)13-25-21(24)18-12-11-15-7-5-6-10-17(15)22-18/h2-12H,13H2,1H3. The molecule has 2 heterocycles. The summed E-state index contributed by atoms with van der Waals surface area (Å²) in [6, 6.07) is 20.7. The molecule has 0 radical (unpaired) electrons. The third-order valence-electron chi connectivity index (χ3n) is 4.06. The topological polar surface area (TPSA) is 65.2 Å². The first-order chi connectivity index (χ1) is 12.7. The van der Waals surface area contributed by atoms with Gasteiger partial charge in [0.25, 0.3) is 0 Å². The van der Waals surface area contributed by atoms with E-state index in [1.807, 2.05) is 60.7 Å². The molecule has 26 heavy (non-hydrogen) atoms. The van der Waals surface area contributed by atoms with Gasteiger partial charge in [0.1, 0.15) is 23.8 Å². The van der Waals surface area contributed by atoms with E-state index in [0.717, 1.165) is 16.5 Å². The second-order valence-electron chi connectivity index (χ2n) is 5.85. The molecule has 0 N–H and O–H groups in total. The molecule has 4 aromatic rings.